The molecule has 0 atom stereocenters. The summed E-state index contributed by atoms with van der Waals surface area (Å²) in [5, 5.41) is 0. The van der Waals surface area contributed by atoms with Crippen LogP contribution < -0.4 is 0 Å². The Labute approximate surface area is 114 Å². The van der Waals surface area contributed by atoms with Gasteiger partial charge in [-0.2, -0.15) is 0 Å². The van der Waals surface area contributed by atoms with Gasteiger partial charge in [0.05, 0.1) is 6.54 Å². The van der Waals surface area contributed by atoms with E-state index in [2.05, 4.69) is 32.2 Å². The summed E-state index contributed by atoms with van der Waals surface area (Å²) in [5.74, 6) is 0. The van der Waals surface area contributed by atoms with Gasteiger partial charge in [-0.15, -0.1) is 0 Å². The fraction of sp³-hybridized carbons (Fsp3) is 0.941. The maximum absolute atomic E-state index is 3.83. The Morgan fingerprint density at radius 3 is 1.44 bits per heavy atom. The van der Waals surface area contributed by atoms with Gasteiger partial charge in [0.2, 0.25) is 0 Å². The van der Waals surface area contributed by atoms with Crippen molar-refractivity contribution in [3.63, 3.8) is 0 Å². The SMILES string of the molecule is CC(C)(C)[C]N(C1CCCCC1)C1CCCCC1. The van der Waals surface area contributed by atoms with Gasteiger partial charge in [0.25, 0.3) is 0 Å². The van der Waals surface area contributed by atoms with E-state index < -0.39 is 0 Å². The average Bonchev–Trinajstić information content (AvgIpc) is 2.37. The average molecular weight is 249 g/mol. The van der Waals surface area contributed by atoms with Gasteiger partial charge in [-0.1, -0.05) is 59.3 Å². The minimum atomic E-state index is 0.203. The molecule has 0 aromatic heterocycles. The molecule has 0 aromatic rings. The predicted molar refractivity (Wildman–Crippen MR) is 78.3 cm³/mol. The van der Waals surface area contributed by atoms with Crippen LogP contribution in [0.1, 0.15) is 85.0 Å². The molecule has 0 bridgehead atoms. The molecule has 0 aliphatic heterocycles. The highest BCUT2D eigenvalue weighted by atomic mass is 15.2. The zero-order valence-corrected chi connectivity index (χ0v) is 12.7. The molecule has 2 rings (SSSR count). The zero-order valence-electron chi connectivity index (χ0n) is 12.7. The highest BCUT2D eigenvalue weighted by molar-refractivity contribution is 4.92. The molecule has 18 heavy (non-hydrogen) atoms. The third kappa shape index (κ3) is 4.26. The van der Waals surface area contributed by atoms with Gasteiger partial charge in [-0.05, 0) is 31.1 Å². The van der Waals surface area contributed by atoms with E-state index in [1.54, 1.807) is 0 Å². The lowest BCUT2D eigenvalue weighted by Gasteiger charge is -2.43. The maximum Gasteiger partial charge on any atom is 0.0680 e. The molecular formula is C17H31N. The first-order chi connectivity index (χ1) is 8.56. The second-order valence-corrected chi connectivity index (χ2v) is 7.35. The van der Waals surface area contributed by atoms with E-state index in [9.17, 15) is 0 Å². The van der Waals surface area contributed by atoms with Crippen molar-refractivity contribution in [2.24, 2.45) is 5.41 Å². The van der Waals surface area contributed by atoms with Gasteiger partial charge in [0.1, 0.15) is 0 Å². The number of nitrogens with zero attached hydrogens (tertiary/aromatic N) is 1. The molecule has 2 aliphatic carbocycles. The minimum Gasteiger partial charge on any atom is -0.287 e. The van der Waals surface area contributed by atoms with E-state index in [1.807, 2.05) is 0 Å². The molecule has 2 radical (unpaired) electrons. The summed E-state index contributed by atoms with van der Waals surface area (Å²) < 4.78 is 0. The standard InChI is InChI=1S/C17H31N/c1-17(2,3)14-18(15-10-6-4-7-11-15)16-12-8-5-9-13-16/h15-16H,4-13H2,1-3H3. The number of hydrogen-bond donors (Lipinski definition) is 0. The van der Waals surface area contributed by atoms with Crippen molar-refractivity contribution in [2.75, 3.05) is 0 Å². The fourth-order valence-corrected chi connectivity index (χ4v) is 3.59. The molecular weight excluding hydrogens is 218 g/mol. The molecule has 0 heterocycles. The van der Waals surface area contributed by atoms with E-state index in [0.717, 1.165) is 12.1 Å². The number of rotatable bonds is 3. The lowest BCUT2D eigenvalue weighted by molar-refractivity contribution is 0.0869. The van der Waals surface area contributed by atoms with Crippen LogP contribution in [0.3, 0.4) is 0 Å². The van der Waals surface area contributed by atoms with Crippen LogP contribution in [-0.2, 0) is 0 Å². The van der Waals surface area contributed by atoms with Gasteiger partial charge in [-0.3, -0.25) is 4.90 Å². The quantitative estimate of drug-likeness (QED) is 0.633. The molecule has 1 heteroatoms. The fourth-order valence-electron chi connectivity index (χ4n) is 3.59. The Kier molecular flexibility index (Phi) is 5.12. The summed E-state index contributed by atoms with van der Waals surface area (Å²) >= 11 is 0. The summed E-state index contributed by atoms with van der Waals surface area (Å²) in [6.07, 6.45) is 14.2. The van der Waals surface area contributed by atoms with Crippen LogP contribution in [0.4, 0.5) is 0 Å². The lowest BCUT2D eigenvalue weighted by atomic mass is 9.85. The zero-order chi connectivity index (χ0) is 13.0. The van der Waals surface area contributed by atoms with Crippen molar-refractivity contribution in [2.45, 2.75) is 97.1 Å². The molecule has 2 aliphatic rings. The van der Waals surface area contributed by atoms with Crippen molar-refractivity contribution >= 4 is 0 Å². The Hall–Kier alpha value is -0.0400. The lowest BCUT2D eigenvalue weighted by Crippen LogP contribution is -2.45. The second kappa shape index (κ2) is 6.41. The molecule has 2 saturated carbocycles. The van der Waals surface area contributed by atoms with Gasteiger partial charge in [0.15, 0.2) is 0 Å². The highest BCUT2D eigenvalue weighted by Crippen LogP contribution is 2.34. The van der Waals surface area contributed by atoms with Crippen molar-refractivity contribution in [3.8, 4) is 0 Å². The Morgan fingerprint density at radius 1 is 0.722 bits per heavy atom. The Bertz CT molecular complexity index is 210. The van der Waals surface area contributed by atoms with E-state index in [4.69, 9.17) is 0 Å². The van der Waals surface area contributed by atoms with Gasteiger partial charge >= 0.3 is 0 Å². The Morgan fingerprint density at radius 2 is 1.11 bits per heavy atom. The van der Waals surface area contributed by atoms with Crippen LogP contribution in [0, 0.1) is 12.0 Å². The molecule has 0 N–H and O–H groups in total. The van der Waals surface area contributed by atoms with Crippen LogP contribution in [0.5, 0.6) is 0 Å². The van der Waals surface area contributed by atoms with Crippen LogP contribution in [-0.4, -0.2) is 17.0 Å². The van der Waals surface area contributed by atoms with Crippen LogP contribution in [0.15, 0.2) is 0 Å². The maximum atomic E-state index is 3.83. The van der Waals surface area contributed by atoms with Gasteiger partial charge in [-0.25, -0.2) is 0 Å². The van der Waals surface area contributed by atoms with E-state index in [-0.39, 0.29) is 5.41 Å². The summed E-state index contributed by atoms with van der Waals surface area (Å²) in [6.45, 7) is 10.7. The van der Waals surface area contributed by atoms with E-state index in [1.165, 1.54) is 64.2 Å². The highest BCUT2D eigenvalue weighted by Gasteiger charge is 2.32. The molecule has 0 unspecified atom stereocenters. The van der Waals surface area contributed by atoms with E-state index in [0.29, 0.717) is 0 Å². The summed E-state index contributed by atoms with van der Waals surface area (Å²) in [4.78, 5) is 2.68. The minimum absolute atomic E-state index is 0.203. The van der Waals surface area contributed by atoms with Crippen molar-refractivity contribution in [1.82, 2.24) is 4.90 Å². The van der Waals surface area contributed by atoms with Crippen LogP contribution in [0.2, 0.25) is 0 Å². The van der Waals surface area contributed by atoms with E-state index >= 15 is 0 Å². The first-order valence-corrected chi connectivity index (χ1v) is 8.12. The smallest absolute Gasteiger partial charge is 0.0680 e. The Balaban J connectivity index is 2.00. The molecule has 104 valence electrons. The second-order valence-electron chi connectivity index (χ2n) is 7.35. The largest absolute Gasteiger partial charge is 0.287 e. The first-order valence-electron chi connectivity index (χ1n) is 8.12. The van der Waals surface area contributed by atoms with Crippen molar-refractivity contribution in [1.29, 1.82) is 0 Å². The molecule has 1 nitrogen and oxygen atoms in total. The molecule has 0 spiro atoms. The topological polar surface area (TPSA) is 3.24 Å². The number of hydrogen-bond acceptors (Lipinski definition) is 1. The first kappa shape index (κ1) is 14.4. The van der Waals surface area contributed by atoms with Crippen LogP contribution in [0.25, 0.3) is 0 Å². The monoisotopic (exact) mass is 249 g/mol. The molecule has 0 amide bonds. The normalized spacial score (nSPS) is 24.7. The molecule has 2 fully saturated rings. The third-order valence-electron chi connectivity index (χ3n) is 4.40. The summed E-state index contributed by atoms with van der Waals surface area (Å²) in [5.41, 5.74) is 0.203. The van der Waals surface area contributed by atoms with Gasteiger partial charge in [0, 0.05) is 12.1 Å². The van der Waals surface area contributed by atoms with Crippen molar-refractivity contribution < 1.29 is 0 Å². The molecule has 0 aromatic carbocycles. The van der Waals surface area contributed by atoms with Crippen molar-refractivity contribution in [3.05, 3.63) is 6.54 Å². The van der Waals surface area contributed by atoms with Gasteiger partial charge < -0.3 is 0 Å². The summed E-state index contributed by atoms with van der Waals surface area (Å²) in [6, 6.07) is 1.59. The third-order valence-corrected chi connectivity index (χ3v) is 4.40. The predicted octanol–water partition coefficient (Wildman–Crippen LogP) is 5.04. The molecule has 0 saturated heterocycles. The van der Waals surface area contributed by atoms with Crippen LogP contribution >= 0.6 is 0 Å². The summed E-state index contributed by atoms with van der Waals surface area (Å²) in [7, 11) is 0.